The van der Waals surface area contributed by atoms with E-state index in [0.717, 1.165) is 24.8 Å². The molecule has 148 valence electrons. The SMILES string of the molecule is CC(C)(C)c1ccc(C(=O)NCC(=O)NC[C@@H]2CCCC[C@@H]2C(=O)O)cc1. The molecule has 2 amide bonds. The summed E-state index contributed by atoms with van der Waals surface area (Å²) in [6.07, 6.45) is 3.39. The fourth-order valence-corrected chi connectivity index (χ4v) is 3.47. The van der Waals surface area contributed by atoms with Crippen molar-refractivity contribution in [3.05, 3.63) is 35.4 Å². The second-order valence-electron chi connectivity index (χ2n) is 8.30. The van der Waals surface area contributed by atoms with Crippen LogP contribution in [0.4, 0.5) is 0 Å². The molecule has 1 fully saturated rings. The molecule has 0 aromatic heterocycles. The molecule has 1 aromatic carbocycles. The Morgan fingerprint density at radius 3 is 2.26 bits per heavy atom. The predicted molar refractivity (Wildman–Crippen MR) is 104 cm³/mol. The Morgan fingerprint density at radius 2 is 1.67 bits per heavy atom. The number of aliphatic carboxylic acids is 1. The number of amides is 2. The summed E-state index contributed by atoms with van der Waals surface area (Å²) in [5.41, 5.74) is 1.66. The summed E-state index contributed by atoms with van der Waals surface area (Å²) in [6, 6.07) is 7.36. The molecule has 0 aliphatic heterocycles. The highest BCUT2D eigenvalue weighted by molar-refractivity contribution is 5.96. The lowest BCUT2D eigenvalue weighted by atomic mass is 9.79. The molecule has 6 nitrogen and oxygen atoms in total. The summed E-state index contributed by atoms with van der Waals surface area (Å²) in [5, 5.41) is 14.6. The lowest BCUT2D eigenvalue weighted by Crippen LogP contribution is -2.41. The van der Waals surface area contributed by atoms with Crippen molar-refractivity contribution in [2.75, 3.05) is 13.1 Å². The number of carboxylic acids is 1. The zero-order valence-electron chi connectivity index (χ0n) is 16.4. The van der Waals surface area contributed by atoms with Crippen LogP contribution in [0, 0.1) is 11.8 Å². The molecule has 0 heterocycles. The van der Waals surface area contributed by atoms with Crippen LogP contribution in [0.15, 0.2) is 24.3 Å². The van der Waals surface area contributed by atoms with Gasteiger partial charge in [-0.15, -0.1) is 0 Å². The maximum atomic E-state index is 12.2. The van der Waals surface area contributed by atoms with Crippen molar-refractivity contribution < 1.29 is 19.5 Å². The Kier molecular flexibility index (Phi) is 6.99. The van der Waals surface area contributed by atoms with E-state index in [4.69, 9.17) is 0 Å². The van der Waals surface area contributed by atoms with E-state index in [1.54, 1.807) is 12.1 Å². The minimum atomic E-state index is -0.791. The van der Waals surface area contributed by atoms with Gasteiger partial charge in [0, 0.05) is 12.1 Å². The van der Waals surface area contributed by atoms with Crippen molar-refractivity contribution in [3.8, 4) is 0 Å². The molecular weight excluding hydrogens is 344 g/mol. The third-order valence-corrected chi connectivity index (χ3v) is 5.21. The van der Waals surface area contributed by atoms with Gasteiger partial charge >= 0.3 is 5.97 Å². The molecule has 27 heavy (non-hydrogen) atoms. The Morgan fingerprint density at radius 1 is 1.04 bits per heavy atom. The van der Waals surface area contributed by atoms with Crippen LogP contribution >= 0.6 is 0 Å². The summed E-state index contributed by atoms with van der Waals surface area (Å²) in [4.78, 5) is 35.5. The third-order valence-electron chi connectivity index (χ3n) is 5.21. The zero-order chi connectivity index (χ0) is 20.0. The number of hydrogen-bond acceptors (Lipinski definition) is 3. The van der Waals surface area contributed by atoms with Crippen LogP contribution in [0.25, 0.3) is 0 Å². The standard InChI is InChI=1S/C21H30N2O4/c1-21(2,3)16-10-8-14(9-11-16)19(25)23-13-18(24)22-12-15-6-4-5-7-17(15)20(26)27/h8-11,15,17H,4-7,12-13H2,1-3H3,(H,22,24)(H,23,25)(H,26,27)/t15-,17-/m0/s1. The van der Waals surface area contributed by atoms with Crippen LogP contribution in [-0.2, 0) is 15.0 Å². The first kappa shape index (κ1) is 20.9. The van der Waals surface area contributed by atoms with Gasteiger partial charge in [-0.25, -0.2) is 0 Å². The highest BCUT2D eigenvalue weighted by Gasteiger charge is 2.30. The van der Waals surface area contributed by atoms with E-state index in [1.807, 2.05) is 12.1 Å². The molecule has 1 aliphatic carbocycles. The van der Waals surface area contributed by atoms with Gasteiger partial charge in [-0.2, -0.15) is 0 Å². The third kappa shape index (κ3) is 6.08. The number of carboxylic acid groups (broad SMARTS) is 1. The lowest BCUT2D eigenvalue weighted by molar-refractivity contribution is -0.145. The van der Waals surface area contributed by atoms with Crippen molar-refractivity contribution in [2.24, 2.45) is 11.8 Å². The van der Waals surface area contributed by atoms with Gasteiger partial charge in [-0.3, -0.25) is 14.4 Å². The van der Waals surface area contributed by atoms with Crippen molar-refractivity contribution in [2.45, 2.75) is 51.9 Å². The molecule has 0 radical (unpaired) electrons. The fraction of sp³-hybridized carbons (Fsp3) is 0.571. The summed E-state index contributed by atoms with van der Waals surface area (Å²) >= 11 is 0. The molecule has 6 heteroatoms. The zero-order valence-corrected chi connectivity index (χ0v) is 16.4. The maximum Gasteiger partial charge on any atom is 0.306 e. The van der Waals surface area contributed by atoms with Crippen LogP contribution in [0.1, 0.15) is 62.4 Å². The van der Waals surface area contributed by atoms with Gasteiger partial charge in [0.05, 0.1) is 12.5 Å². The molecule has 2 rings (SSSR count). The minimum Gasteiger partial charge on any atom is -0.481 e. The summed E-state index contributed by atoms with van der Waals surface area (Å²) in [6.45, 7) is 6.53. The first-order valence-corrected chi connectivity index (χ1v) is 9.56. The second kappa shape index (κ2) is 9.02. The quantitative estimate of drug-likeness (QED) is 0.713. The molecule has 1 aliphatic rings. The van der Waals surface area contributed by atoms with Crippen LogP contribution in [-0.4, -0.2) is 36.0 Å². The van der Waals surface area contributed by atoms with Gasteiger partial charge in [0.2, 0.25) is 5.91 Å². The van der Waals surface area contributed by atoms with Gasteiger partial charge in [-0.1, -0.05) is 45.7 Å². The highest BCUT2D eigenvalue weighted by Crippen LogP contribution is 2.29. The van der Waals surface area contributed by atoms with E-state index in [1.165, 1.54) is 0 Å². The number of carbonyl (C=O) groups is 3. The molecular formula is C21H30N2O4. The average Bonchev–Trinajstić information content (AvgIpc) is 2.64. The van der Waals surface area contributed by atoms with Crippen molar-refractivity contribution >= 4 is 17.8 Å². The van der Waals surface area contributed by atoms with Gasteiger partial charge in [0.15, 0.2) is 0 Å². The van der Waals surface area contributed by atoms with Crippen molar-refractivity contribution in [3.63, 3.8) is 0 Å². The fourth-order valence-electron chi connectivity index (χ4n) is 3.47. The monoisotopic (exact) mass is 374 g/mol. The van der Waals surface area contributed by atoms with E-state index in [-0.39, 0.29) is 29.7 Å². The van der Waals surface area contributed by atoms with Gasteiger partial charge in [-0.05, 0) is 41.9 Å². The van der Waals surface area contributed by atoms with Crippen LogP contribution in [0.3, 0.4) is 0 Å². The number of rotatable bonds is 6. The van der Waals surface area contributed by atoms with Crippen molar-refractivity contribution in [1.82, 2.24) is 10.6 Å². The molecule has 1 saturated carbocycles. The second-order valence-corrected chi connectivity index (χ2v) is 8.30. The Hall–Kier alpha value is -2.37. The maximum absolute atomic E-state index is 12.2. The summed E-state index contributed by atoms with van der Waals surface area (Å²) in [7, 11) is 0. The van der Waals surface area contributed by atoms with Crippen molar-refractivity contribution in [1.29, 1.82) is 0 Å². The number of carbonyl (C=O) groups excluding carboxylic acids is 2. The van der Waals surface area contributed by atoms with E-state index in [0.29, 0.717) is 18.5 Å². The van der Waals surface area contributed by atoms with Gasteiger partial charge in [0.25, 0.3) is 5.91 Å². The van der Waals surface area contributed by atoms with Crippen LogP contribution in [0.5, 0.6) is 0 Å². The molecule has 0 bridgehead atoms. The Bertz CT molecular complexity index is 676. The molecule has 0 unspecified atom stereocenters. The first-order valence-electron chi connectivity index (χ1n) is 9.56. The minimum absolute atomic E-state index is 0.0157. The number of hydrogen-bond donors (Lipinski definition) is 3. The van der Waals surface area contributed by atoms with Crippen LogP contribution in [0.2, 0.25) is 0 Å². The summed E-state index contributed by atoms with van der Waals surface area (Å²) in [5.74, 6) is -1.83. The highest BCUT2D eigenvalue weighted by atomic mass is 16.4. The van der Waals surface area contributed by atoms with Crippen LogP contribution < -0.4 is 10.6 Å². The topological polar surface area (TPSA) is 95.5 Å². The predicted octanol–water partition coefficient (Wildman–Crippen LogP) is 2.72. The summed E-state index contributed by atoms with van der Waals surface area (Å²) < 4.78 is 0. The number of benzene rings is 1. The van der Waals surface area contributed by atoms with Gasteiger partial charge < -0.3 is 15.7 Å². The normalized spacial score (nSPS) is 20.0. The van der Waals surface area contributed by atoms with E-state index in [2.05, 4.69) is 31.4 Å². The largest absolute Gasteiger partial charge is 0.481 e. The molecule has 1 aromatic rings. The van der Waals surface area contributed by atoms with E-state index >= 15 is 0 Å². The average molecular weight is 374 g/mol. The molecule has 0 spiro atoms. The Balaban J connectivity index is 1.79. The smallest absolute Gasteiger partial charge is 0.306 e. The van der Waals surface area contributed by atoms with E-state index < -0.39 is 11.9 Å². The Labute approximate surface area is 160 Å². The first-order chi connectivity index (χ1) is 12.7. The van der Waals surface area contributed by atoms with E-state index in [9.17, 15) is 19.5 Å². The lowest BCUT2D eigenvalue weighted by Gasteiger charge is -2.28. The molecule has 2 atom stereocenters. The molecule has 0 saturated heterocycles. The van der Waals surface area contributed by atoms with Gasteiger partial charge in [0.1, 0.15) is 0 Å². The molecule has 3 N–H and O–H groups in total. The number of nitrogens with one attached hydrogen (secondary N) is 2.